The average molecular weight is 484 g/mol. The number of carbonyl (C=O) groups is 4. The number of fused-ring (bicyclic) bond motifs is 1. The van der Waals surface area contributed by atoms with Gasteiger partial charge in [-0.1, -0.05) is 48.5 Å². The number of hydrogen-bond acceptors (Lipinski definition) is 5. The fourth-order valence-corrected chi connectivity index (χ4v) is 4.53. The van der Waals surface area contributed by atoms with E-state index in [0.29, 0.717) is 30.0 Å². The minimum atomic E-state index is -0.661. The van der Waals surface area contributed by atoms with Crippen LogP contribution >= 0.6 is 0 Å². The summed E-state index contributed by atoms with van der Waals surface area (Å²) in [4.78, 5) is 50.7. The van der Waals surface area contributed by atoms with Gasteiger partial charge in [0.1, 0.15) is 18.4 Å². The lowest BCUT2D eigenvalue weighted by Crippen LogP contribution is -2.52. The molecule has 8 heteroatoms. The summed E-state index contributed by atoms with van der Waals surface area (Å²) in [5.74, 6) is -0.533. The summed E-state index contributed by atoms with van der Waals surface area (Å²) in [6.45, 7) is 0.707. The van der Waals surface area contributed by atoms with Gasteiger partial charge in [-0.05, 0) is 41.3 Å². The predicted molar refractivity (Wildman–Crippen MR) is 132 cm³/mol. The van der Waals surface area contributed by atoms with Crippen molar-refractivity contribution < 1.29 is 23.9 Å². The molecule has 0 spiro atoms. The first-order valence-corrected chi connectivity index (χ1v) is 11.8. The van der Waals surface area contributed by atoms with Crippen molar-refractivity contribution in [3.63, 3.8) is 0 Å². The largest absolute Gasteiger partial charge is 0.489 e. The van der Waals surface area contributed by atoms with Gasteiger partial charge < -0.3 is 15.0 Å². The molecular formula is C28H25N3O5. The normalized spacial score (nSPS) is 16.9. The van der Waals surface area contributed by atoms with Crippen molar-refractivity contribution in [3.05, 3.63) is 95.1 Å². The molecule has 1 unspecified atom stereocenters. The zero-order valence-corrected chi connectivity index (χ0v) is 19.5. The van der Waals surface area contributed by atoms with Crippen molar-refractivity contribution >= 4 is 29.3 Å². The second-order valence-corrected chi connectivity index (χ2v) is 8.92. The molecule has 1 atom stereocenters. The van der Waals surface area contributed by atoms with Crippen LogP contribution in [-0.2, 0) is 34.0 Å². The molecule has 36 heavy (non-hydrogen) atoms. The van der Waals surface area contributed by atoms with Gasteiger partial charge in [0.05, 0.1) is 6.42 Å². The molecule has 0 bridgehead atoms. The van der Waals surface area contributed by atoms with Crippen molar-refractivity contribution in [1.29, 1.82) is 0 Å². The average Bonchev–Trinajstić information content (AvgIpc) is 3.19. The minimum Gasteiger partial charge on any atom is -0.489 e. The predicted octanol–water partition coefficient (Wildman–Crippen LogP) is 3.21. The zero-order chi connectivity index (χ0) is 25.1. The molecule has 5 rings (SSSR count). The van der Waals surface area contributed by atoms with Gasteiger partial charge in [-0.2, -0.15) is 0 Å². The lowest BCUT2D eigenvalue weighted by Gasteiger charge is -2.29. The van der Waals surface area contributed by atoms with E-state index in [4.69, 9.17) is 4.74 Å². The van der Waals surface area contributed by atoms with Crippen molar-refractivity contribution in [1.82, 2.24) is 10.2 Å². The first-order chi connectivity index (χ1) is 17.5. The van der Waals surface area contributed by atoms with Crippen LogP contribution in [0.3, 0.4) is 0 Å². The maximum Gasteiger partial charge on any atom is 0.255 e. The highest BCUT2D eigenvalue weighted by molar-refractivity contribution is 6.05. The number of nitrogens with zero attached hydrogens (tertiary/aromatic N) is 1. The summed E-state index contributed by atoms with van der Waals surface area (Å²) >= 11 is 0. The van der Waals surface area contributed by atoms with Gasteiger partial charge >= 0.3 is 0 Å². The van der Waals surface area contributed by atoms with E-state index in [1.165, 1.54) is 4.90 Å². The summed E-state index contributed by atoms with van der Waals surface area (Å²) in [6.07, 6.45) is 0.656. The fraction of sp³-hybridized carbons (Fsp3) is 0.214. The van der Waals surface area contributed by atoms with Crippen LogP contribution in [0.15, 0.2) is 72.8 Å². The number of piperidine rings is 1. The summed E-state index contributed by atoms with van der Waals surface area (Å²) < 4.78 is 5.83. The number of carbonyl (C=O) groups excluding carboxylic acids is 4. The Bertz CT molecular complexity index is 1340. The molecule has 182 valence electrons. The highest BCUT2D eigenvalue weighted by atomic mass is 16.5. The van der Waals surface area contributed by atoms with Crippen molar-refractivity contribution in [2.75, 3.05) is 5.32 Å². The second kappa shape index (κ2) is 10.0. The smallest absolute Gasteiger partial charge is 0.255 e. The lowest BCUT2D eigenvalue weighted by atomic mass is 10.0. The molecule has 2 aliphatic heterocycles. The fourth-order valence-electron chi connectivity index (χ4n) is 4.53. The monoisotopic (exact) mass is 483 g/mol. The Labute approximate surface area is 208 Å². The molecule has 3 aromatic rings. The lowest BCUT2D eigenvalue weighted by molar-refractivity contribution is -0.137. The van der Waals surface area contributed by atoms with Gasteiger partial charge in [0, 0.05) is 30.3 Å². The van der Waals surface area contributed by atoms with E-state index < -0.39 is 11.9 Å². The van der Waals surface area contributed by atoms with E-state index in [-0.39, 0.29) is 37.1 Å². The van der Waals surface area contributed by atoms with E-state index in [2.05, 4.69) is 10.6 Å². The van der Waals surface area contributed by atoms with Crippen LogP contribution in [0.2, 0.25) is 0 Å². The molecule has 8 nitrogen and oxygen atoms in total. The Morgan fingerprint density at radius 2 is 1.81 bits per heavy atom. The van der Waals surface area contributed by atoms with Crippen LogP contribution in [0.5, 0.6) is 5.75 Å². The Morgan fingerprint density at radius 1 is 0.972 bits per heavy atom. The number of rotatable bonds is 7. The van der Waals surface area contributed by atoms with Crippen LogP contribution in [0.4, 0.5) is 5.69 Å². The van der Waals surface area contributed by atoms with Gasteiger partial charge in [-0.15, -0.1) is 0 Å². The Kier molecular flexibility index (Phi) is 6.49. The van der Waals surface area contributed by atoms with E-state index in [9.17, 15) is 19.2 Å². The molecule has 0 saturated carbocycles. The molecule has 0 radical (unpaired) electrons. The maximum absolute atomic E-state index is 12.8. The molecule has 1 saturated heterocycles. The number of imide groups is 1. The van der Waals surface area contributed by atoms with Crippen molar-refractivity contribution in [3.8, 4) is 5.75 Å². The number of ether oxygens (including phenoxy) is 1. The molecule has 2 aliphatic rings. The Morgan fingerprint density at radius 3 is 2.61 bits per heavy atom. The molecule has 0 aromatic heterocycles. The van der Waals surface area contributed by atoms with Gasteiger partial charge in [-0.25, -0.2) is 0 Å². The van der Waals surface area contributed by atoms with E-state index in [1.54, 1.807) is 24.3 Å². The molecular weight excluding hydrogens is 458 g/mol. The Balaban J connectivity index is 1.20. The minimum absolute atomic E-state index is 0.134. The molecule has 1 fully saturated rings. The van der Waals surface area contributed by atoms with Gasteiger partial charge in [0.25, 0.3) is 5.91 Å². The number of anilines is 1. The number of nitrogens with one attached hydrogen (secondary N) is 2. The molecule has 2 heterocycles. The topological polar surface area (TPSA) is 105 Å². The van der Waals surface area contributed by atoms with Gasteiger partial charge in [0.15, 0.2) is 0 Å². The van der Waals surface area contributed by atoms with E-state index in [1.807, 2.05) is 48.5 Å². The first-order valence-electron chi connectivity index (χ1n) is 11.8. The van der Waals surface area contributed by atoms with E-state index >= 15 is 0 Å². The number of amides is 4. The third-order valence-electron chi connectivity index (χ3n) is 6.32. The summed E-state index contributed by atoms with van der Waals surface area (Å²) in [5.41, 5.74) is 3.74. The Hall–Kier alpha value is -4.46. The van der Waals surface area contributed by atoms with Gasteiger partial charge in [-0.3, -0.25) is 24.5 Å². The third kappa shape index (κ3) is 5.12. The SMILES string of the molecule is O=C1CCC(N2Cc3cc(CC(=O)Nc4cccc(OCc5ccccc5)c4)ccc3C2=O)C(=O)N1. The van der Waals surface area contributed by atoms with Crippen molar-refractivity contribution in [2.24, 2.45) is 0 Å². The number of hydrogen-bond donors (Lipinski definition) is 2. The van der Waals surface area contributed by atoms with Crippen molar-refractivity contribution in [2.45, 2.75) is 38.5 Å². The van der Waals surface area contributed by atoms with Crippen LogP contribution in [0.25, 0.3) is 0 Å². The first kappa shape index (κ1) is 23.3. The van der Waals surface area contributed by atoms with Gasteiger partial charge in [0.2, 0.25) is 17.7 Å². The summed E-state index contributed by atoms with van der Waals surface area (Å²) in [6, 6.07) is 21.7. The summed E-state index contributed by atoms with van der Waals surface area (Å²) in [5, 5.41) is 5.20. The van der Waals surface area contributed by atoms with Crippen LogP contribution in [0.1, 0.15) is 39.9 Å². The second-order valence-electron chi connectivity index (χ2n) is 8.92. The molecule has 3 aromatic carbocycles. The van der Waals surface area contributed by atoms with Crippen LogP contribution < -0.4 is 15.4 Å². The zero-order valence-electron chi connectivity index (χ0n) is 19.5. The molecule has 4 amide bonds. The number of benzene rings is 3. The van der Waals surface area contributed by atoms with Crippen LogP contribution in [0, 0.1) is 0 Å². The third-order valence-corrected chi connectivity index (χ3v) is 6.32. The maximum atomic E-state index is 12.8. The van der Waals surface area contributed by atoms with Crippen LogP contribution in [-0.4, -0.2) is 34.6 Å². The quantitative estimate of drug-likeness (QED) is 0.502. The highest BCUT2D eigenvalue weighted by Crippen LogP contribution is 2.28. The molecule has 0 aliphatic carbocycles. The standard InChI is InChI=1S/C28H25N3O5/c32-25-12-11-24(27(34)30-25)31-16-20-13-19(9-10-23(20)28(31)35)14-26(33)29-21-7-4-8-22(15-21)36-17-18-5-2-1-3-6-18/h1-10,13,15,24H,11-12,14,16-17H2,(H,29,33)(H,30,32,34). The highest BCUT2D eigenvalue weighted by Gasteiger charge is 2.39. The van der Waals surface area contributed by atoms with E-state index in [0.717, 1.165) is 16.7 Å². The molecule has 2 N–H and O–H groups in total. The summed E-state index contributed by atoms with van der Waals surface area (Å²) in [7, 11) is 0.